The molecule has 2 rings (SSSR count). The number of hydrogen-bond donors (Lipinski definition) is 2. The van der Waals surface area contributed by atoms with Crippen molar-refractivity contribution in [3.63, 3.8) is 0 Å². The zero-order valence-electron chi connectivity index (χ0n) is 13.7. The van der Waals surface area contributed by atoms with E-state index in [-0.39, 0.29) is 0 Å². The highest BCUT2D eigenvalue weighted by atomic mass is 79.9. The molecule has 0 aliphatic carbocycles. The lowest BCUT2D eigenvalue weighted by Crippen LogP contribution is -2.31. The molecule has 2 N–H and O–H groups in total. The van der Waals surface area contributed by atoms with Crippen molar-refractivity contribution in [2.75, 3.05) is 6.54 Å². The molecule has 24 heavy (non-hydrogen) atoms. The van der Waals surface area contributed by atoms with E-state index in [4.69, 9.17) is 17.0 Å². The molecule has 0 unspecified atom stereocenters. The van der Waals surface area contributed by atoms with E-state index in [2.05, 4.69) is 63.0 Å². The second-order valence-corrected chi connectivity index (χ2v) is 6.51. The van der Waals surface area contributed by atoms with Crippen LogP contribution in [0, 0.1) is 6.92 Å². The van der Waals surface area contributed by atoms with Crippen LogP contribution < -0.4 is 15.5 Å². The minimum absolute atomic E-state index is 0.492. The standard InChI is InChI=1S/C18H20BrN3OS/c1-3-20-18(24)22-21-11-15-10-16(19)8-9-17(15)23-12-14-6-4-13(2)5-7-14/h4-11H,3,12H2,1-2H3,(H2,20,22,24)/b21-11-. The van der Waals surface area contributed by atoms with Crippen LogP contribution in [-0.2, 0) is 6.61 Å². The summed E-state index contributed by atoms with van der Waals surface area (Å²) in [6.07, 6.45) is 1.69. The van der Waals surface area contributed by atoms with E-state index in [0.29, 0.717) is 11.7 Å². The number of hydrazone groups is 1. The lowest BCUT2D eigenvalue weighted by Gasteiger charge is -2.10. The lowest BCUT2D eigenvalue weighted by molar-refractivity contribution is 0.305. The molecule has 0 aliphatic heterocycles. The van der Waals surface area contributed by atoms with Crippen molar-refractivity contribution in [3.05, 3.63) is 63.6 Å². The number of thiocarbonyl (C=S) groups is 1. The van der Waals surface area contributed by atoms with Crippen LogP contribution in [0.1, 0.15) is 23.6 Å². The molecule has 126 valence electrons. The van der Waals surface area contributed by atoms with Crippen molar-refractivity contribution in [2.45, 2.75) is 20.5 Å². The summed E-state index contributed by atoms with van der Waals surface area (Å²) < 4.78 is 6.89. The highest BCUT2D eigenvalue weighted by Crippen LogP contribution is 2.23. The van der Waals surface area contributed by atoms with Crippen molar-refractivity contribution in [3.8, 4) is 5.75 Å². The fourth-order valence-corrected chi connectivity index (χ4v) is 2.53. The van der Waals surface area contributed by atoms with Crippen LogP contribution in [0.3, 0.4) is 0 Å². The van der Waals surface area contributed by atoms with Crippen molar-refractivity contribution in [2.24, 2.45) is 5.10 Å². The van der Waals surface area contributed by atoms with Gasteiger partial charge in [-0.2, -0.15) is 5.10 Å². The Morgan fingerprint density at radius 2 is 2.00 bits per heavy atom. The number of benzene rings is 2. The molecule has 2 aromatic carbocycles. The Labute approximate surface area is 156 Å². The monoisotopic (exact) mass is 405 g/mol. The Balaban J connectivity index is 2.05. The molecule has 0 spiro atoms. The number of halogens is 1. The molecule has 0 saturated heterocycles. The molecular formula is C18H20BrN3OS. The molecule has 2 aromatic rings. The second kappa shape index (κ2) is 9.39. The van der Waals surface area contributed by atoms with Gasteiger partial charge in [0.2, 0.25) is 0 Å². The third-order valence-corrected chi connectivity index (χ3v) is 3.92. The van der Waals surface area contributed by atoms with Crippen molar-refractivity contribution >= 4 is 39.5 Å². The van der Waals surface area contributed by atoms with Gasteiger partial charge in [-0.25, -0.2) is 0 Å². The van der Waals surface area contributed by atoms with Gasteiger partial charge in [-0.05, 0) is 49.8 Å². The van der Waals surface area contributed by atoms with Gasteiger partial charge in [0.15, 0.2) is 5.11 Å². The van der Waals surface area contributed by atoms with Gasteiger partial charge < -0.3 is 10.1 Å². The van der Waals surface area contributed by atoms with Crippen LogP contribution in [-0.4, -0.2) is 17.9 Å². The van der Waals surface area contributed by atoms with Crippen LogP contribution in [0.5, 0.6) is 5.75 Å². The minimum atomic E-state index is 0.492. The molecule has 0 atom stereocenters. The fourth-order valence-electron chi connectivity index (χ4n) is 1.96. The summed E-state index contributed by atoms with van der Waals surface area (Å²) in [7, 11) is 0. The first-order valence-corrected chi connectivity index (χ1v) is 8.83. The summed E-state index contributed by atoms with van der Waals surface area (Å²) in [6, 6.07) is 14.1. The molecule has 0 saturated carbocycles. The highest BCUT2D eigenvalue weighted by Gasteiger charge is 2.04. The maximum absolute atomic E-state index is 5.93. The van der Waals surface area contributed by atoms with E-state index in [1.54, 1.807) is 6.21 Å². The smallest absolute Gasteiger partial charge is 0.186 e. The van der Waals surface area contributed by atoms with Crippen LogP contribution in [0.2, 0.25) is 0 Å². The molecule has 0 heterocycles. The maximum atomic E-state index is 5.93. The molecule has 0 amide bonds. The summed E-state index contributed by atoms with van der Waals surface area (Å²) in [5.41, 5.74) is 6.00. The van der Waals surface area contributed by atoms with E-state index >= 15 is 0 Å². The molecule has 0 radical (unpaired) electrons. The average Bonchev–Trinajstić information content (AvgIpc) is 2.56. The quantitative estimate of drug-likeness (QED) is 0.430. The molecule has 0 bridgehead atoms. The number of nitrogens with one attached hydrogen (secondary N) is 2. The largest absolute Gasteiger partial charge is 0.488 e. The first-order valence-electron chi connectivity index (χ1n) is 7.63. The Bertz CT molecular complexity index is 717. The molecule has 6 heteroatoms. The van der Waals surface area contributed by atoms with Gasteiger partial charge in [-0.3, -0.25) is 5.43 Å². The van der Waals surface area contributed by atoms with Gasteiger partial charge in [0.05, 0.1) is 6.21 Å². The van der Waals surface area contributed by atoms with Gasteiger partial charge in [0.1, 0.15) is 12.4 Å². The number of aryl methyl sites for hydroxylation is 1. The number of rotatable bonds is 6. The van der Waals surface area contributed by atoms with E-state index in [9.17, 15) is 0 Å². The van der Waals surface area contributed by atoms with Gasteiger partial charge in [0.25, 0.3) is 0 Å². The normalized spacial score (nSPS) is 10.6. The Morgan fingerprint density at radius 1 is 1.25 bits per heavy atom. The SMILES string of the molecule is CCNC(=S)N/N=C\c1cc(Br)ccc1OCc1ccc(C)cc1. The predicted octanol–water partition coefficient (Wildman–Crippen LogP) is 4.15. The number of ether oxygens (including phenoxy) is 1. The van der Waals surface area contributed by atoms with E-state index < -0.39 is 0 Å². The maximum Gasteiger partial charge on any atom is 0.186 e. The van der Waals surface area contributed by atoms with Crippen LogP contribution in [0.25, 0.3) is 0 Å². The molecule has 0 aromatic heterocycles. The molecule has 4 nitrogen and oxygen atoms in total. The summed E-state index contributed by atoms with van der Waals surface area (Å²) in [5, 5.41) is 7.62. The van der Waals surface area contributed by atoms with Crippen LogP contribution in [0.4, 0.5) is 0 Å². The average molecular weight is 406 g/mol. The van der Waals surface area contributed by atoms with E-state index in [1.165, 1.54) is 5.56 Å². The molecule has 0 aliphatic rings. The second-order valence-electron chi connectivity index (χ2n) is 5.19. The van der Waals surface area contributed by atoms with Gasteiger partial charge in [0, 0.05) is 16.6 Å². The Hall–Kier alpha value is -1.92. The van der Waals surface area contributed by atoms with E-state index in [0.717, 1.165) is 27.9 Å². The van der Waals surface area contributed by atoms with Gasteiger partial charge >= 0.3 is 0 Å². The Morgan fingerprint density at radius 3 is 2.71 bits per heavy atom. The first kappa shape index (κ1) is 18.4. The van der Waals surface area contributed by atoms with Crippen molar-refractivity contribution in [1.82, 2.24) is 10.7 Å². The van der Waals surface area contributed by atoms with Crippen LogP contribution in [0.15, 0.2) is 52.0 Å². The van der Waals surface area contributed by atoms with E-state index in [1.807, 2.05) is 25.1 Å². The molecular weight excluding hydrogens is 386 g/mol. The van der Waals surface area contributed by atoms with Gasteiger partial charge in [-0.15, -0.1) is 0 Å². The summed E-state index contributed by atoms with van der Waals surface area (Å²) >= 11 is 8.55. The zero-order chi connectivity index (χ0) is 17.4. The predicted molar refractivity (Wildman–Crippen MR) is 107 cm³/mol. The summed E-state index contributed by atoms with van der Waals surface area (Å²) in [6.45, 7) is 5.30. The van der Waals surface area contributed by atoms with Gasteiger partial charge in [-0.1, -0.05) is 45.8 Å². The number of hydrogen-bond acceptors (Lipinski definition) is 3. The first-order chi connectivity index (χ1) is 11.6. The van der Waals surface area contributed by atoms with Crippen molar-refractivity contribution in [1.29, 1.82) is 0 Å². The fraction of sp³-hybridized carbons (Fsp3) is 0.222. The topological polar surface area (TPSA) is 45.7 Å². The summed E-state index contributed by atoms with van der Waals surface area (Å²) in [4.78, 5) is 0. The Kier molecular flexibility index (Phi) is 7.21. The minimum Gasteiger partial charge on any atom is -0.488 e. The van der Waals surface area contributed by atoms with Crippen LogP contribution >= 0.6 is 28.1 Å². The zero-order valence-corrected chi connectivity index (χ0v) is 16.1. The third-order valence-electron chi connectivity index (χ3n) is 3.19. The molecule has 0 fully saturated rings. The highest BCUT2D eigenvalue weighted by molar-refractivity contribution is 9.10. The summed E-state index contributed by atoms with van der Waals surface area (Å²) in [5.74, 6) is 0.763. The third kappa shape index (κ3) is 5.94. The van der Waals surface area contributed by atoms with Crippen molar-refractivity contribution < 1.29 is 4.74 Å². The number of nitrogens with zero attached hydrogens (tertiary/aromatic N) is 1. The lowest BCUT2D eigenvalue weighted by atomic mass is 10.1.